The molecule has 1 unspecified atom stereocenters. The molecule has 2 amide bonds. The second kappa shape index (κ2) is 11.7. The van der Waals surface area contributed by atoms with Crippen LogP contribution < -0.4 is 25.2 Å². The number of carbonyl (C=O) groups is 2. The van der Waals surface area contributed by atoms with Crippen LogP contribution >= 0.6 is 0 Å². The van der Waals surface area contributed by atoms with Gasteiger partial charge in [0.1, 0.15) is 11.4 Å². The number of anilines is 4. The van der Waals surface area contributed by atoms with E-state index in [9.17, 15) is 9.59 Å². The van der Waals surface area contributed by atoms with Crippen molar-refractivity contribution in [2.45, 2.75) is 44.7 Å². The molecule has 5 rings (SSSR count). The van der Waals surface area contributed by atoms with E-state index in [1.807, 2.05) is 13.0 Å². The van der Waals surface area contributed by atoms with E-state index in [0.717, 1.165) is 44.6 Å². The Hall–Kier alpha value is -3.44. The summed E-state index contributed by atoms with van der Waals surface area (Å²) in [5.74, 6) is 1.41. The van der Waals surface area contributed by atoms with Gasteiger partial charge in [-0.3, -0.25) is 9.59 Å². The number of likely N-dealkylation sites (tertiary alicyclic amines) is 1. The second-order valence-corrected chi connectivity index (χ2v) is 10.8. The van der Waals surface area contributed by atoms with Crippen LogP contribution in [0.2, 0.25) is 0 Å². The lowest BCUT2D eigenvalue weighted by atomic mass is 10.0. The van der Waals surface area contributed by atoms with Crippen molar-refractivity contribution in [3.05, 3.63) is 30.0 Å². The van der Waals surface area contributed by atoms with Gasteiger partial charge in [-0.1, -0.05) is 6.92 Å². The van der Waals surface area contributed by atoms with Crippen LogP contribution in [-0.2, 0) is 9.53 Å². The zero-order chi connectivity index (χ0) is 27.5. The summed E-state index contributed by atoms with van der Waals surface area (Å²) in [5.41, 5.74) is 1.88. The minimum Gasteiger partial charge on any atom is -0.495 e. The van der Waals surface area contributed by atoms with Gasteiger partial charge >= 0.3 is 0 Å². The van der Waals surface area contributed by atoms with Gasteiger partial charge < -0.3 is 34.8 Å². The predicted molar refractivity (Wildman–Crippen MR) is 150 cm³/mol. The first-order valence-corrected chi connectivity index (χ1v) is 13.8. The monoisotopic (exact) mass is 537 g/mol. The van der Waals surface area contributed by atoms with Crippen LogP contribution in [-0.4, -0.2) is 92.8 Å². The predicted octanol–water partition coefficient (Wildman–Crippen LogP) is 2.65. The maximum atomic E-state index is 13.0. The van der Waals surface area contributed by atoms with Crippen molar-refractivity contribution >= 4 is 35.0 Å². The number of nitrogens with zero attached hydrogens (tertiary/aromatic N) is 5. The molecule has 11 heteroatoms. The highest BCUT2D eigenvalue weighted by Crippen LogP contribution is 2.36. The third-order valence-corrected chi connectivity index (χ3v) is 8.00. The number of ether oxygens (including phenoxy) is 2. The molecule has 2 fully saturated rings. The highest BCUT2D eigenvalue weighted by Gasteiger charge is 2.35. The number of nitrogens with one attached hydrogen (secondary N) is 2. The van der Waals surface area contributed by atoms with Gasteiger partial charge in [-0.2, -0.15) is 4.98 Å². The Labute approximate surface area is 229 Å². The van der Waals surface area contributed by atoms with Crippen LogP contribution in [0.15, 0.2) is 24.4 Å². The van der Waals surface area contributed by atoms with E-state index in [4.69, 9.17) is 14.5 Å². The van der Waals surface area contributed by atoms with E-state index in [0.29, 0.717) is 48.4 Å². The number of aromatic nitrogens is 2. The number of hydrogen-bond donors (Lipinski definition) is 2. The summed E-state index contributed by atoms with van der Waals surface area (Å²) < 4.78 is 11.2. The van der Waals surface area contributed by atoms with Crippen molar-refractivity contribution in [3.8, 4) is 5.75 Å². The number of hydrogen-bond acceptors (Lipinski definition) is 9. The molecule has 2 saturated heterocycles. The zero-order valence-electron chi connectivity index (χ0n) is 23.3. The van der Waals surface area contributed by atoms with E-state index >= 15 is 0 Å². The van der Waals surface area contributed by atoms with Gasteiger partial charge in [0.05, 0.1) is 24.9 Å². The molecule has 0 radical (unpaired) electrons. The maximum absolute atomic E-state index is 13.0. The summed E-state index contributed by atoms with van der Waals surface area (Å²) in [5, 5.41) is 6.42. The molecule has 210 valence electrons. The van der Waals surface area contributed by atoms with E-state index in [-0.39, 0.29) is 29.8 Å². The molecule has 0 spiro atoms. The maximum Gasteiger partial charge on any atom is 0.251 e. The lowest BCUT2D eigenvalue weighted by molar-refractivity contribution is -0.121. The summed E-state index contributed by atoms with van der Waals surface area (Å²) in [4.78, 5) is 41.5. The number of amides is 2. The van der Waals surface area contributed by atoms with E-state index in [1.54, 1.807) is 37.4 Å². The Morgan fingerprint density at radius 2 is 1.87 bits per heavy atom. The largest absolute Gasteiger partial charge is 0.495 e. The molecule has 1 aromatic heterocycles. The van der Waals surface area contributed by atoms with Crippen LogP contribution in [0.1, 0.15) is 43.0 Å². The van der Waals surface area contributed by atoms with Crippen molar-refractivity contribution in [1.29, 1.82) is 0 Å². The van der Waals surface area contributed by atoms with Gasteiger partial charge in [-0.05, 0) is 64.0 Å². The van der Waals surface area contributed by atoms with Crippen LogP contribution in [0.4, 0.5) is 23.1 Å². The summed E-state index contributed by atoms with van der Waals surface area (Å²) in [6.07, 6.45) is 5.35. The van der Waals surface area contributed by atoms with Crippen molar-refractivity contribution in [1.82, 2.24) is 20.2 Å². The van der Waals surface area contributed by atoms with Gasteiger partial charge in [-0.25, -0.2) is 4.98 Å². The zero-order valence-corrected chi connectivity index (χ0v) is 23.3. The molecule has 2 aromatic rings. The smallest absolute Gasteiger partial charge is 0.251 e. The van der Waals surface area contributed by atoms with Gasteiger partial charge in [0, 0.05) is 44.5 Å². The SMILES string of the molecule is COc1cc(C(=O)NC2CCN(C)CC2)ccc1Nc1ncc2c(n1)N(C1CCOCC1)CC(C)C(=O)N2C. The van der Waals surface area contributed by atoms with Gasteiger partial charge in [0.25, 0.3) is 5.91 Å². The van der Waals surface area contributed by atoms with Crippen molar-refractivity contribution in [3.63, 3.8) is 0 Å². The van der Waals surface area contributed by atoms with Crippen molar-refractivity contribution in [2.24, 2.45) is 5.92 Å². The molecule has 0 bridgehead atoms. The Balaban J connectivity index is 1.38. The molecule has 3 aliphatic heterocycles. The summed E-state index contributed by atoms with van der Waals surface area (Å²) in [7, 11) is 5.45. The highest BCUT2D eigenvalue weighted by atomic mass is 16.5. The average molecular weight is 538 g/mol. The first kappa shape index (κ1) is 27.1. The summed E-state index contributed by atoms with van der Waals surface area (Å²) >= 11 is 0. The minimum absolute atomic E-state index is 0.0471. The Kier molecular flexibility index (Phi) is 8.18. The Morgan fingerprint density at radius 3 is 2.59 bits per heavy atom. The third kappa shape index (κ3) is 5.94. The Bertz CT molecular complexity index is 1190. The third-order valence-electron chi connectivity index (χ3n) is 8.00. The van der Waals surface area contributed by atoms with Gasteiger partial charge in [0.2, 0.25) is 11.9 Å². The molecule has 0 aliphatic carbocycles. The normalized spacial score (nSPS) is 21.3. The number of fused-ring (bicyclic) bond motifs is 1. The van der Waals surface area contributed by atoms with E-state index in [1.165, 1.54) is 0 Å². The van der Waals surface area contributed by atoms with Crippen LogP contribution in [0, 0.1) is 5.92 Å². The molecule has 39 heavy (non-hydrogen) atoms. The number of carbonyl (C=O) groups excluding carboxylic acids is 2. The van der Waals surface area contributed by atoms with Crippen LogP contribution in [0.3, 0.4) is 0 Å². The molecule has 4 heterocycles. The first-order chi connectivity index (χ1) is 18.8. The molecular formula is C28H39N7O4. The standard InChI is InChI=1S/C28H39N7O4/c1-18-17-35(21-9-13-39-14-10-21)25-23(34(3)27(18)37)16-29-28(32-25)31-22-6-5-19(15-24(22)38-4)26(36)30-20-7-11-33(2)12-8-20/h5-6,15-16,18,20-21H,7-14,17H2,1-4H3,(H,30,36)(H,29,31,32). The number of benzene rings is 1. The fourth-order valence-corrected chi connectivity index (χ4v) is 5.58. The van der Waals surface area contributed by atoms with Crippen molar-refractivity contribution in [2.75, 3.05) is 69.2 Å². The lowest BCUT2D eigenvalue weighted by Gasteiger charge is -2.35. The van der Waals surface area contributed by atoms with Crippen LogP contribution in [0.25, 0.3) is 0 Å². The van der Waals surface area contributed by atoms with Gasteiger partial charge in [0.15, 0.2) is 5.82 Å². The molecule has 0 saturated carbocycles. The lowest BCUT2D eigenvalue weighted by Crippen LogP contribution is -2.43. The summed E-state index contributed by atoms with van der Waals surface area (Å²) in [6, 6.07) is 5.74. The van der Waals surface area contributed by atoms with E-state index < -0.39 is 0 Å². The fraction of sp³-hybridized carbons (Fsp3) is 0.571. The molecule has 11 nitrogen and oxygen atoms in total. The Morgan fingerprint density at radius 1 is 1.13 bits per heavy atom. The second-order valence-electron chi connectivity index (χ2n) is 10.8. The average Bonchev–Trinajstić information content (AvgIpc) is 3.05. The van der Waals surface area contributed by atoms with Crippen LogP contribution in [0.5, 0.6) is 5.75 Å². The van der Waals surface area contributed by atoms with Gasteiger partial charge in [-0.15, -0.1) is 0 Å². The van der Waals surface area contributed by atoms with E-state index in [2.05, 4.69) is 32.5 Å². The molecule has 2 N–H and O–H groups in total. The molecule has 3 aliphatic rings. The molecule has 1 atom stereocenters. The number of piperidine rings is 1. The minimum atomic E-state index is -0.170. The molecule has 1 aromatic carbocycles. The fourth-order valence-electron chi connectivity index (χ4n) is 5.58. The molecular weight excluding hydrogens is 498 g/mol. The summed E-state index contributed by atoms with van der Waals surface area (Å²) in [6.45, 7) is 5.89. The van der Waals surface area contributed by atoms with Crippen molar-refractivity contribution < 1.29 is 19.1 Å². The number of rotatable bonds is 6. The quantitative estimate of drug-likeness (QED) is 0.574. The first-order valence-electron chi connectivity index (χ1n) is 13.8. The topological polar surface area (TPSA) is 112 Å². The number of methoxy groups -OCH3 is 1. The highest BCUT2D eigenvalue weighted by molar-refractivity contribution is 5.99.